The van der Waals surface area contributed by atoms with E-state index < -0.39 is 0 Å². The van der Waals surface area contributed by atoms with Crippen molar-refractivity contribution in [2.45, 2.75) is 0 Å². The molecular weight excluding hydrogens is 248 g/mol. The van der Waals surface area contributed by atoms with Crippen LogP contribution in [0.1, 0.15) is 11.1 Å². The molecule has 0 bridgehead atoms. The van der Waals surface area contributed by atoms with Crippen LogP contribution in [-0.4, -0.2) is 0 Å². The molecule has 0 atom stereocenters. The van der Waals surface area contributed by atoms with Crippen LogP contribution in [0.15, 0.2) is 59.1 Å². The molecule has 1 heteroatoms. The third kappa shape index (κ3) is 3.07. The third-order valence-corrected chi connectivity index (χ3v) is 2.61. The Balaban J connectivity index is 2.19. The van der Waals surface area contributed by atoms with Crippen molar-refractivity contribution in [3.8, 4) is 0 Å². The maximum absolute atomic E-state index is 3.45. The number of hydrogen-bond acceptors (Lipinski definition) is 0. The Morgan fingerprint density at radius 1 is 0.733 bits per heavy atom. The summed E-state index contributed by atoms with van der Waals surface area (Å²) in [6.07, 6.45) is 4.22. The molecule has 0 saturated heterocycles. The minimum atomic E-state index is 1.11. The molecule has 2 aromatic rings. The van der Waals surface area contributed by atoms with E-state index in [1.807, 2.05) is 30.3 Å². The van der Waals surface area contributed by atoms with E-state index in [-0.39, 0.29) is 0 Å². The van der Waals surface area contributed by atoms with Gasteiger partial charge in [0.25, 0.3) is 0 Å². The van der Waals surface area contributed by atoms with E-state index in [0.717, 1.165) is 4.47 Å². The molecule has 0 nitrogen and oxygen atoms in total. The van der Waals surface area contributed by atoms with Gasteiger partial charge in [0.2, 0.25) is 0 Å². The fraction of sp³-hybridized carbons (Fsp3) is 0. The second-order valence-corrected chi connectivity index (χ2v) is 4.21. The fourth-order valence-corrected chi connectivity index (χ4v) is 1.78. The molecule has 0 aliphatic rings. The first-order valence-corrected chi connectivity index (χ1v) is 5.62. The topological polar surface area (TPSA) is 0 Å². The van der Waals surface area contributed by atoms with Gasteiger partial charge in [0, 0.05) is 4.47 Å². The van der Waals surface area contributed by atoms with Crippen LogP contribution in [0.2, 0.25) is 0 Å². The van der Waals surface area contributed by atoms with Crippen LogP contribution in [0, 0.1) is 0 Å². The van der Waals surface area contributed by atoms with Crippen LogP contribution in [-0.2, 0) is 0 Å². The SMILES string of the molecule is Brc1cccc(/C=C/c2ccccc2)c1. The van der Waals surface area contributed by atoms with Gasteiger partial charge in [-0.2, -0.15) is 0 Å². The van der Waals surface area contributed by atoms with Crippen LogP contribution in [0.3, 0.4) is 0 Å². The summed E-state index contributed by atoms with van der Waals surface area (Å²) in [6.45, 7) is 0. The lowest BCUT2D eigenvalue weighted by Gasteiger charge is -1.95. The molecule has 0 fully saturated rings. The zero-order chi connectivity index (χ0) is 10.5. The first kappa shape index (κ1) is 10.2. The summed E-state index contributed by atoms with van der Waals surface area (Å²) in [5.41, 5.74) is 2.42. The van der Waals surface area contributed by atoms with Crippen molar-refractivity contribution in [2.75, 3.05) is 0 Å². The van der Waals surface area contributed by atoms with Crippen LogP contribution < -0.4 is 0 Å². The van der Waals surface area contributed by atoms with Crippen LogP contribution in [0.5, 0.6) is 0 Å². The first-order valence-electron chi connectivity index (χ1n) is 4.83. The molecule has 0 aromatic heterocycles. The predicted molar refractivity (Wildman–Crippen MR) is 69.5 cm³/mol. The van der Waals surface area contributed by atoms with Gasteiger partial charge in [-0.3, -0.25) is 0 Å². The lowest BCUT2D eigenvalue weighted by molar-refractivity contribution is 1.61. The summed E-state index contributed by atoms with van der Waals surface area (Å²) in [7, 11) is 0. The van der Waals surface area contributed by atoms with Gasteiger partial charge in [0.1, 0.15) is 0 Å². The lowest BCUT2D eigenvalue weighted by atomic mass is 10.1. The van der Waals surface area contributed by atoms with Crippen molar-refractivity contribution in [1.82, 2.24) is 0 Å². The average molecular weight is 259 g/mol. The first-order chi connectivity index (χ1) is 7.34. The zero-order valence-corrected chi connectivity index (χ0v) is 9.81. The minimum absolute atomic E-state index is 1.11. The molecule has 0 aliphatic carbocycles. The molecule has 2 rings (SSSR count). The Morgan fingerprint density at radius 3 is 2.13 bits per heavy atom. The Morgan fingerprint density at radius 2 is 1.40 bits per heavy atom. The molecule has 0 radical (unpaired) electrons. The van der Waals surface area contributed by atoms with E-state index in [2.05, 4.69) is 52.3 Å². The Hall–Kier alpha value is -1.34. The quantitative estimate of drug-likeness (QED) is 0.690. The molecule has 15 heavy (non-hydrogen) atoms. The number of rotatable bonds is 2. The standard InChI is InChI=1S/C14H11Br/c15-14-8-4-7-13(11-14)10-9-12-5-2-1-3-6-12/h1-11H/b10-9+. The van der Waals surface area contributed by atoms with Gasteiger partial charge >= 0.3 is 0 Å². The van der Waals surface area contributed by atoms with E-state index in [0.29, 0.717) is 0 Å². The predicted octanol–water partition coefficient (Wildman–Crippen LogP) is 4.62. The molecule has 0 amide bonds. The van der Waals surface area contributed by atoms with Crippen molar-refractivity contribution >= 4 is 28.1 Å². The number of hydrogen-bond donors (Lipinski definition) is 0. The number of benzene rings is 2. The van der Waals surface area contributed by atoms with Gasteiger partial charge in [0.15, 0.2) is 0 Å². The summed E-state index contributed by atoms with van der Waals surface area (Å²) in [5, 5.41) is 0. The molecule has 0 spiro atoms. The van der Waals surface area contributed by atoms with Gasteiger partial charge in [0.05, 0.1) is 0 Å². The maximum Gasteiger partial charge on any atom is 0.0181 e. The summed E-state index contributed by atoms with van der Waals surface area (Å²) < 4.78 is 1.11. The van der Waals surface area contributed by atoms with E-state index in [1.54, 1.807) is 0 Å². The van der Waals surface area contributed by atoms with Gasteiger partial charge in [-0.1, -0.05) is 70.5 Å². The maximum atomic E-state index is 3.45. The smallest absolute Gasteiger partial charge is 0.0181 e. The van der Waals surface area contributed by atoms with Crippen LogP contribution >= 0.6 is 15.9 Å². The highest BCUT2D eigenvalue weighted by Gasteiger charge is 1.88. The number of halogens is 1. The van der Waals surface area contributed by atoms with Crippen LogP contribution in [0.25, 0.3) is 12.2 Å². The summed E-state index contributed by atoms with van der Waals surface area (Å²) in [6, 6.07) is 18.5. The molecular formula is C14H11Br. The minimum Gasteiger partial charge on any atom is -0.0622 e. The highest BCUT2D eigenvalue weighted by atomic mass is 79.9. The molecule has 0 aliphatic heterocycles. The third-order valence-electron chi connectivity index (χ3n) is 2.12. The Labute approximate surface area is 98.4 Å². The van der Waals surface area contributed by atoms with E-state index in [9.17, 15) is 0 Å². The normalized spacial score (nSPS) is 10.7. The van der Waals surface area contributed by atoms with Gasteiger partial charge in [-0.15, -0.1) is 0 Å². The van der Waals surface area contributed by atoms with E-state index >= 15 is 0 Å². The van der Waals surface area contributed by atoms with E-state index in [1.165, 1.54) is 11.1 Å². The molecule has 74 valence electrons. The highest BCUT2D eigenvalue weighted by molar-refractivity contribution is 9.10. The fourth-order valence-electron chi connectivity index (χ4n) is 1.37. The van der Waals surface area contributed by atoms with Crippen molar-refractivity contribution in [3.63, 3.8) is 0 Å². The van der Waals surface area contributed by atoms with Crippen molar-refractivity contribution in [2.24, 2.45) is 0 Å². The lowest BCUT2D eigenvalue weighted by Crippen LogP contribution is -1.72. The Kier molecular flexibility index (Phi) is 3.36. The van der Waals surface area contributed by atoms with Gasteiger partial charge in [-0.25, -0.2) is 0 Å². The molecule has 2 aromatic carbocycles. The van der Waals surface area contributed by atoms with E-state index in [4.69, 9.17) is 0 Å². The zero-order valence-electron chi connectivity index (χ0n) is 8.23. The Bertz CT molecular complexity index is 458. The monoisotopic (exact) mass is 258 g/mol. The van der Waals surface area contributed by atoms with Gasteiger partial charge < -0.3 is 0 Å². The van der Waals surface area contributed by atoms with Crippen LogP contribution in [0.4, 0.5) is 0 Å². The second kappa shape index (κ2) is 4.94. The molecule has 0 heterocycles. The molecule has 0 saturated carbocycles. The average Bonchev–Trinajstić information content (AvgIpc) is 2.28. The molecule has 0 unspecified atom stereocenters. The van der Waals surface area contributed by atoms with Crippen molar-refractivity contribution < 1.29 is 0 Å². The summed E-state index contributed by atoms with van der Waals surface area (Å²) >= 11 is 3.45. The molecule has 0 N–H and O–H groups in total. The van der Waals surface area contributed by atoms with Crippen molar-refractivity contribution in [1.29, 1.82) is 0 Å². The summed E-state index contributed by atoms with van der Waals surface area (Å²) in [4.78, 5) is 0. The highest BCUT2D eigenvalue weighted by Crippen LogP contribution is 2.14. The van der Waals surface area contributed by atoms with Crippen molar-refractivity contribution in [3.05, 3.63) is 70.2 Å². The summed E-state index contributed by atoms with van der Waals surface area (Å²) in [5.74, 6) is 0. The second-order valence-electron chi connectivity index (χ2n) is 3.30. The largest absolute Gasteiger partial charge is 0.0622 e. The van der Waals surface area contributed by atoms with Gasteiger partial charge in [-0.05, 0) is 23.3 Å².